The average Bonchev–Trinajstić information content (AvgIpc) is 2.64. The van der Waals surface area contributed by atoms with Gasteiger partial charge in [-0.3, -0.25) is 0 Å². The summed E-state index contributed by atoms with van der Waals surface area (Å²) in [5.74, 6) is 2.55. The van der Waals surface area contributed by atoms with Crippen molar-refractivity contribution in [1.29, 1.82) is 0 Å². The Morgan fingerprint density at radius 1 is 1.35 bits per heavy atom. The van der Waals surface area contributed by atoms with Gasteiger partial charge in [-0.1, -0.05) is 34.6 Å². The molecule has 0 fully saturated rings. The minimum Gasteiger partial charge on any atom is -0.445 e. The van der Waals surface area contributed by atoms with Crippen LogP contribution in [0.5, 0.6) is 0 Å². The van der Waals surface area contributed by atoms with Crippen LogP contribution in [-0.2, 0) is 11.8 Å². The fourth-order valence-electron chi connectivity index (χ4n) is 1.53. The summed E-state index contributed by atoms with van der Waals surface area (Å²) >= 11 is 0. The van der Waals surface area contributed by atoms with Gasteiger partial charge in [0.1, 0.15) is 5.76 Å². The zero-order valence-corrected chi connectivity index (χ0v) is 11.8. The van der Waals surface area contributed by atoms with Gasteiger partial charge in [-0.05, 0) is 25.4 Å². The summed E-state index contributed by atoms with van der Waals surface area (Å²) in [6, 6.07) is 0. The minimum atomic E-state index is 0.0567. The van der Waals surface area contributed by atoms with Gasteiger partial charge < -0.3 is 9.73 Å². The number of aromatic nitrogens is 1. The summed E-state index contributed by atoms with van der Waals surface area (Å²) in [5.41, 5.74) is 0.0567. The van der Waals surface area contributed by atoms with Crippen LogP contribution in [0.2, 0.25) is 0 Å². The third-order valence-corrected chi connectivity index (χ3v) is 2.59. The number of rotatable bonds is 6. The second-order valence-electron chi connectivity index (χ2n) is 6.07. The molecule has 1 rings (SSSR count). The lowest BCUT2D eigenvalue weighted by Gasteiger charge is -2.13. The lowest BCUT2D eigenvalue weighted by atomic mass is 9.94. The van der Waals surface area contributed by atoms with Crippen molar-refractivity contribution in [2.24, 2.45) is 5.92 Å². The van der Waals surface area contributed by atoms with Gasteiger partial charge in [-0.15, -0.1) is 0 Å². The molecule has 1 aromatic rings. The van der Waals surface area contributed by atoms with Crippen molar-refractivity contribution in [3.8, 4) is 0 Å². The first-order valence-electron chi connectivity index (χ1n) is 6.55. The fourth-order valence-corrected chi connectivity index (χ4v) is 1.53. The quantitative estimate of drug-likeness (QED) is 0.774. The Morgan fingerprint density at radius 3 is 2.59 bits per heavy atom. The highest BCUT2D eigenvalue weighted by atomic mass is 16.4. The molecule has 0 aliphatic rings. The normalized spacial score (nSPS) is 12.4. The Hall–Kier alpha value is -0.830. The maximum absolute atomic E-state index is 5.74. The van der Waals surface area contributed by atoms with Crippen LogP contribution in [0, 0.1) is 5.92 Å². The average molecular weight is 238 g/mol. The van der Waals surface area contributed by atoms with E-state index in [9.17, 15) is 0 Å². The molecule has 0 atom stereocenters. The summed E-state index contributed by atoms with van der Waals surface area (Å²) in [6.07, 6.45) is 3.86. The third-order valence-electron chi connectivity index (χ3n) is 2.59. The zero-order valence-electron chi connectivity index (χ0n) is 11.8. The Kier molecular flexibility index (Phi) is 5.19. The predicted molar refractivity (Wildman–Crippen MR) is 71.2 cm³/mol. The lowest BCUT2D eigenvalue weighted by Crippen LogP contribution is -2.21. The van der Waals surface area contributed by atoms with E-state index in [1.54, 1.807) is 0 Å². The molecular weight excluding hydrogens is 212 g/mol. The molecule has 1 aromatic heterocycles. The Labute approximate surface area is 105 Å². The topological polar surface area (TPSA) is 38.1 Å². The van der Waals surface area contributed by atoms with Gasteiger partial charge in [-0.25, -0.2) is 4.98 Å². The predicted octanol–water partition coefficient (Wildman–Crippen LogP) is 3.15. The lowest BCUT2D eigenvalue weighted by molar-refractivity contribution is 0.378. The van der Waals surface area contributed by atoms with Crippen LogP contribution in [0.25, 0.3) is 0 Å². The monoisotopic (exact) mass is 238 g/mol. The molecule has 0 aliphatic carbocycles. The van der Waals surface area contributed by atoms with Crippen molar-refractivity contribution in [2.75, 3.05) is 13.1 Å². The van der Waals surface area contributed by atoms with Gasteiger partial charge >= 0.3 is 0 Å². The van der Waals surface area contributed by atoms with Crippen LogP contribution >= 0.6 is 0 Å². The third kappa shape index (κ3) is 5.35. The Morgan fingerprint density at radius 2 is 2.06 bits per heavy atom. The van der Waals surface area contributed by atoms with E-state index in [1.165, 1.54) is 0 Å². The highest BCUT2D eigenvalue weighted by molar-refractivity contribution is 5.05. The highest BCUT2D eigenvalue weighted by Crippen LogP contribution is 2.22. The molecule has 0 aliphatic heterocycles. The van der Waals surface area contributed by atoms with Crippen LogP contribution in [0.3, 0.4) is 0 Å². The summed E-state index contributed by atoms with van der Waals surface area (Å²) in [7, 11) is 0. The maximum atomic E-state index is 5.74. The largest absolute Gasteiger partial charge is 0.445 e. The fraction of sp³-hybridized carbons (Fsp3) is 0.786. The van der Waals surface area contributed by atoms with Crippen molar-refractivity contribution in [3.05, 3.63) is 17.8 Å². The molecule has 1 N–H and O–H groups in total. The molecule has 0 unspecified atom stereocenters. The van der Waals surface area contributed by atoms with Crippen molar-refractivity contribution < 1.29 is 4.42 Å². The molecule has 1 heterocycles. The van der Waals surface area contributed by atoms with E-state index in [-0.39, 0.29) is 5.41 Å². The van der Waals surface area contributed by atoms with Crippen LogP contribution in [0.4, 0.5) is 0 Å². The molecule has 3 heteroatoms. The zero-order chi connectivity index (χ0) is 12.9. The number of aryl methyl sites for hydroxylation is 1. The van der Waals surface area contributed by atoms with Gasteiger partial charge in [0, 0.05) is 11.8 Å². The van der Waals surface area contributed by atoms with Gasteiger partial charge in [-0.2, -0.15) is 0 Å². The van der Waals surface area contributed by atoms with E-state index in [0.717, 1.165) is 37.6 Å². The minimum absolute atomic E-state index is 0.0567. The highest BCUT2D eigenvalue weighted by Gasteiger charge is 2.18. The number of nitrogens with zero attached hydrogens (tertiary/aromatic N) is 1. The summed E-state index contributed by atoms with van der Waals surface area (Å²) in [4.78, 5) is 4.32. The number of hydrogen-bond donors (Lipinski definition) is 1. The first kappa shape index (κ1) is 14.2. The maximum Gasteiger partial charge on any atom is 0.194 e. The van der Waals surface area contributed by atoms with Crippen LogP contribution in [0.15, 0.2) is 10.6 Å². The number of nitrogens with one attached hydrogen (secondary N) is 1. The second kappa shape index (κ2) is 6.20. The standard InChI is InChI=1S/C14H26N2O/c1-11(2)9-15-8-6-7-13-16-10-12(17-13)14(3,4)5/h10-11,15H,6-9H2,1-5H3. The smallest absolute Gasteiger partial charge is 0.194 e. The molecule has 0 spiro atoms. The van der Waals surface area contributed by atoms with E-state index in [4.69, 9.17) is 4.42 Å². The van der Waals surface area contributed by atoms with E-state index in [0.29, 0.717) is 5.92 Å². The summed E-state index contributed by atoms with van der Waals surface area (Å²) < 4.78 is 5.74. The second-order valence-corrected chi connectivity index (χ2v) is 6.07. The van der Waals surface area contributed by atoms with Gasteiger partial charge in [0.2, 0.25) is 0 Å². The molecule has 17 heavy (non-hydrogen) atoms. The van der Waals surface area contributed by atoms with Crippen LogP contribution < -0.4 is 5.32 Å². The van der Waals surface area contributed by atoms with E-state index < -0.39 is 0 Å². The molecular formula is C14H26N2O. The van der Waals surface area contributed by atoms with Gasteiger partial charge in [0.15, 0.2) is 5.89 Å². The first-order valence-corrected chi connectivity index (χ1v) is 6.55. The molecule has 0 aromatic carbocycles. The number of hydrogen-bond acceptors (Lipinski definition) is 3. The number of oxazole rings is 1. The molecule has 3 nitrogen and oxygen atoms in total. The van der Waals surface area contributed by atoms with Crippen molar-refractivity contribution in [1.82, 2.24) is 10.3 Å². The van der Waals surface area contributed by atoms with Crippen molar-refractivity contribution in [3.63, 3.8) is 0 Å². The molecule has 0 bridgehead atoms. The van der Waals surface area contributed by atoms with Crippen molar-refractivity contribution >= 4 is 0 Å². The molecule has 98 valence electrons. The Bertz CT molecular complexity index is 323. The molecule has 0 saturated heterocycles. The summed E-state index contributed by atoms with van der Waals surface area (Å²) in [5, 5.41) is 3.42. The summed E-state index contributed by atoms with van der Waals surface area (Å²) in [6.45, 7) is 13.0. The molecule has 0 saturated carbocycles. The van der Waals surface area contributed by atoms with Crippen molar-refractivity contribution in [2.45, 2.75) is 52.9 Å². The molecule has 0 radical (unpaired) electrons. The molecule has 0 amide bonds. The van der Waals surface area contributed by atoms with Gasteiger partial charge in [0.25, 0.3) is 0 Å². The van der Waals surface area contributed by atoms with Crippen LogP contribution in [0.1, 0.15) is 52.7 Å². The van der Waals surface area contributed by atoms with Crippen LogP contribution in [-0.4, -0.2) is 18.1 Å². The van der Waals surface area contributed by atoms with E-state index in [1.807, 2.05) is 6.20 Å². The first-order chi connectivity index (χ1) is 7.89. The van der Waals surface area contributed by atoms with Gasteiger partial charge in [0.05, 0.1) is 6.20 Å². The van der Waals surface area contributed by atoms with E-state index >= 15 is 0 Å². The SMILES string of the molecule is CC(C)CNCCCc1ncc(C(C)(C)C)o1. The Balaban J connectivity index is 2.26. The van der Waals surface area contributed by atoms with E-state index in [2.05, 4.69) is 44.9 Å².